The van der Waals surface area contributed by atoms with Gasteiger partial charge in [-0.15, -0.1) is 0 Å². The average molecular weight is 294 g/mol. The van der Waals surface area contributed by atoms with E-state index in [9.17, 15) is 4.79 Å². The van der Waals surface area contributed by atoms with Gasteiger partial charge in [-0.25, -0.2) is 0 Å². The summed E-state index contributed by atoms with van der Waals surface area (Å²) < 4.78 is 0. The summed E-state index contributed by atoms with van der Waals surface area (Å²) in [5.41, 5.74) is 0. The minimum atomic E-state index is 0.230. The minimum absolute atomic E-state index is 0.230. The Labute approximate surface area is 128 Å². The zero-order chi connectivity index (χ0) is 14.7. The summed E-state index contributed by atoms with van der Waals surface area (Å²) in [6, 6.07) is 1.11. The van der Waals surface area contributed by atoms with Crippen LogP contribution in [0, 0.1) is 5.92 Å². The molecule has 3 aliphatic rings. The van der Waals surface area contributed by atoms with E-state index in [0.717, 1.165) is 58.0 Å². The summed E-state index contributed by atoms with van der Waals surface area (Å²) >= 11 is 0. The molecule has 0 aromatic heterocycles. The zero-order valence-corrected chi connectivity index (χ0v) is 13.3. The van der Waals surface area contributed by atoms with Gasteiger partial charge in [-0.1, -0.05) is 6.92 Å². The minimum Gasteiger partial charge on any atom is -0.352 e. The highest BCUT2D eigenvalue weighted by Crippen LogP contribution is 2.23. The third kappa shape index (κ3) is 4.18. The molecule has 1 aliphatic carbocycles. The fraction of sp³-hybridized carbons (Fsp3) is 0.938. The number of carbonyl (C=O) groups is 1. The third-order valence-electron chi connectivity index (χ3n) is 5.35. The summed E-state index contributed by atoms with van der Waals surface area (Å²) in [6.45, 7) is 9.57. The molecule has 2 saturated heterocycles. The number of piperazine rings is 1. The Morgan fingerprint density at radius 3 is 2.48 bits per heavy atom. The Morgan fingerprint density at radius 1 is 1.14 bits per heavy atom. The summed E-state index contributed by atoms with van der Waals surface area (Å²) in [5, 5.41) is 6.62. The van der Waals surface area contributed by atoms with Gasteiger partial charge in [-0.05, 0) is 31.6 Å². The van der Waals surface area contributed by atoms with Gasteiger partial charge in [0.2, 0.25) is 5.91 Å². The lowest BCUT2D eigenvalue weighted by Crippen LogP contribution is -2.64. The standard InChI is InChI=1S/C16H30N4O/c1-13-2-4-14(5-3-13)18-16(21)12-19-10-15(11-19)20-8-6-17-7-9-20/h13-15,17H,2-12H2,1H3,(H,18,21). The monoisotopic (exact) mass is 294 g/mol. The number of likely N-dealkylation sites (tertiary alicyclic amines) is 1. The van der Waals surface area contributed by atoms with Gasteiger partial charge >= 0.3 is 0 Å². The molecule has 2 heterocycles. The van der Waals surface area contributed by atoms with E-state index in [0.29, 0.717) is 18.6 Å². The van der Waals surface area contributed by atoms with Crippen molar-refractivity contribution in [2.24, 2.45) is 5.92 Å². The molecule has 0 radical (unpaired) electrons. The van der Waals surface area contributed by atoms with Gasteiger partial charge < -0.3 is 10.6 Å². The van der Waals surface area contributed by atoms with Gasteiger partial charge in [0.1, 0.15) is 0 Å². The van der Waals surface area contributed by atoms with Crippen molar-refractivity contribution in [2.45, 2.75) is 44.7 Å². The van der Waals surface area contributed by atoms with Crippen molar-refractivity contribution >= 4 is 5.91 Å². The van der Waals surface area contributed by atoms with Gasteiger partial charge in [-0.3, -0.25) is 14.6 Å². The molecule has 3 fully saturated rings. The molecule has 1 saturated carbocycles. The van der Waals surface area contributed by atoms with E-state index in [1.807, 2.05) is 0 Å². The third-order valence-corrected chi connectivity index (χ3v) is 5.35. The van der Waals surface area contributed by atoms with Crippen molar-refractivity contribution in [3.05, 3.63) is 0 Å². The Balaban J connectivity index is 1.31. The molecule has 0 unspecified atom stereocenters. The van der Waals surface area contributed by atoms with E-state index < -0.39 is 0 Å². The molecule has 0 bridgehead atoms. The summed E-state index contributed by atoms with van der Waals surface area (Å²) in [7, 11) is 0. The lowest BCUT2D eigenvalue weighted by atomic mass is 9.87. The number of nitrogens with one attached hydrogen (secondary N) is 2. The second-order valence-electron chi connectivity index (χ2n) is 7.16. The van der Waals surface area contributed by atoms with E-state index in [1.54, 1.807) is 0 Å². The van der Waals surface area contributed by atoms with Crippen LogP contribution in [0.1, 0.15) is 32.6 Å². The van der Waals surface area contributed by atoms with Crippen molar-refractivity contribution in [1.82, 2.24) is 20.4 Å². The predicted octanol–water partition coefficient (Wildman–Crippen LogP) is 0.271. The molecule has 3 rings (SSSR count). The van der Waals surface area contributed by atoms with E-state index >= 15 is 0 Å². The number of carbonyl (C=O) groups excluding carboxylic acids is 1. The SMILES string of the molecule is CC1CCC(NC(=O)CN2CC(N3CCNCC3)C2)CC1. The maximum absolute atomic E-state index is 12.1. The van der Waals surface area contributed by atoms with Gasteiger partial charge in [-0.2, -0.15) is 0 Å². The second-order valence-corrected chi connectivity index (χ2v) is 7.16. The van der Waals surface area contributed by atoms with Crippen molar-refractivity contribution in [3.63, 3.8) is 0 Å². The first kappa shape index (κ1) is 15.3. The van der Waals surface area contributed by atoms with Crippen molar-refractivity contribution in [1.29, 1.82) is 0 Å². The van der Waals surface area contributed by atoms with E-state index in [2.05, 4.69) is 27.4 Å². The first-order chi connectivity index (χ1) is 10.2. The molecule has 0 atom stereocenters. The van der Waals surface area contributed by atoms with Crippen LogP contribution in [0.4, 0.5) is 0 Å². The van der Waals surface area contributed by atoms with Gasteiger partial charge in [0.05, 0.1) is 6.54 Å². The van der Waals surface area contributed by atoms with E-state index in [-0.39, 0.29) is 5.91 Å². The van der Waals surface area contributed by atoms with Crippen molar-refractivity contribution in [3.8, 4) is 0 Å². The first-order valence-electron chi connectivity index (χ1n) is 8.67. The average Bonchev–Trinajstić information content (AvgIpc) is 2.46. The van der Waals surface area contributed by atoms with Crippen LogP contribution in [0.15, 0.2) is 0 Å². The number of amides is 1. The van der Waals surface area contributed by atoms with Crippen LogP contribution in [0.3, 0.4) is 0 Å². The van der Waals surface area contributed by atoms with Crippen molar-refractivity contribution < 1.29 is 4.79 Å². The summed E-state index contributed by atoms with van der Waals surface area (Å²) in [5.74, 6) is 1.07. The maximum Gasteiger partial charge on any atom is 0.234 e. The normalized spacial score (nSPS) is 32.6. The van der Waals surface area contributed by atoms with E-state index in [4.69, 9.17) is 0 Å². The molecule has 1 amide bonds. The predicted molar refractivity (Wildman–Crippen MR) is 84.2 cm³/mol. The number of rotatable bonds is 4. The van der Waals surface area contributed by atoms with Gasteiger partial charge in [0.25, 0.3) is 0 Å². The Kier molecular flexibility index (Phi) is 5.14. The van der Waals surface area contributed by atoms with Crippen LogP contribution < -0.4 is 10.6 Å². The molecular formula is C16H30N4O. The fourth-order valence-corrected chi connectivity index (χ4v) is 3.83. The smallest absolute Gasteiger partial charge is 0.234 e. The Hall–Kier alpha value is -0.650. The first-order valence-corrected chi connectivity index (χ1v) is 8.67. The zero-order valence-electron chi connectivity index (χ0n) is 13.3. The molecule has 5 heteroatoms. The van der Waals surface area contributed by atoms with Gasteiger partial charge in [0.15, 0.2) is 0 Å². The molecule has 2 aliphatic heterocycles. The molecular weight excluding hydrogens is 264 g/mol. The highest BCUT2D eigenvalue weighted by molar-refractivity contribution is 5.78. The lowest BCUT2D eigenvalue weighted by Gasteiger charge is -2.46. The fourth-order valence-electron chi connectivity index (χ4n) is 3.83. The molecule has 120 valence electrons. The van der Waals surface area contributed by atoms with Gasteiger partial charge in [0, 0.05) is 51.4 Å². The Bertz CT molecular complexity index is 342. The Morgan fingerprint density at radius 2 is 1.81 bits per heavy atom. The van der Waals surface area contributed by atoms with Crippen LogP contribution in [0.25, 0.3) is 0 Å². The van der Waals surface area contributed by atoms with Crippen LogP contribution >= 0.6 is 0 Å². The van der Waals surface area contributed by atoms with Crippen LogP contribution in [-0.4, -0.2) is 73.6 Å². The van der Waals surface area contributed by atoms with E-state index in [1.165, 1.54) is 12.8 Å². The number of hydrogen-bond donors (Lipinski definition) is 2. The van der Waals surface area contributed by atoms with Crippen molar-refractivity contribution in [2.75, 3.05) is 45.8 Å². The molecule has 2 N–H and O–H groups in total. The summed E-state index contributed by atoms with van der Waals surface area (Å²) in [6.07, 6.45) is 4.85. The van der Waals surface area contributed by atoms with Crippen LogP contribution in [0.5, 0.6) is 0 Å². The highest BCUT2D eigenvalue weighted by Gasteiger charge is 2.33. The quantitative estimate of drug-likeness (QED) is 0.781. The molecule has 21 heavy (non-hydrogen) atoms. The number of hydrogen-bond acceptors (Lipinski definition) is 4. The molecule has 5 nitrogen and oxygen atoms in total. The largest absolute Gasteiger partial charge is 0.352 e. The molecule has 0 aromatic carbocycles. The highest BCUT2D eigenvalue weighted by atomic mass is 16.2. The molecule has 0 spiro atoms. The van der Waals surface area contributed by atoms with Crippen LogP contribution in [-0.2, 0) is 4.79 Å². The second kappa shape index (κ2) is 7.07. The molecule has 0 aromatic rings. The topological polar surface area (TPSA) is 47.6 Å². The van der Waals surface area contributed by atoms with Crippen LogP contribution in [0.2, 0.25) is 0 Å². The number of nitrogens with zero attached hydrogens (tertiary/aromatic N) is 2. The lowest BCUT2D eigenvalue weighted by molar-refractivity contribution is -0.125. The maximum atomic E-state index is 12.1. The summed E-state index contributed by atoms with van der Waals surface area (Å²) in [4.78, 5) is 17.0.